The van der Waals surface area contributed by atoms with Crippen LogP contribution in [0.1, 0.15) is 51.1 Å². The standard InChI is InChI=1S/C16H26N2O/c1-3-8-14(12-17)16(19)18-15(9-4-2)13-10-6-5-7-11-13/h5-7,10-11,14-15H,3-4,8-9,12,17H2,1-2H3,(H,18,19). The Morgan fingerprint density at radius 2 is 1.79 bits per heavy atom. The van der Waals surface area contributed by atoms with Gasteiger partial charge in [0.25, 0.3) is 0 Å². The van der Waals surface area contributed by atoms with Crippen molar-refractivity contribution in [2.75, 3.05) is 6.54 Å². The van der Waals surface area contributed by atoms with Gasteiger partial charge in [0.2, 0.25) is 5.91 Å². The molecule has 0 spiro atoms. The molecule has 1 amide bonds. The summed E-state index contributed by atoms with van der Waals surface area (Å²) in [6, 6.07) is 10.3. The zero-order chi connectivity index (χ0) is 14.1. The van der Waals surface area contributed by atoms with Crippen LogP contribution >= 0.6 is 0 Å². The highest BCUT2D eigenvalue weighted by Crippen LogP contribution is 2.19. The first-order valence-corrected chi connectivity index (χ1v) is 7.28. The Balaban J connectivity index is 2.70. The van der Waals surface area contributed by atoms with Crippen LogP contribution in [0.5, 0.6) is 0 Å². The monoisotopic (exact) mass is 262 g/mol. The highest BCUT2D eigenvalue weighted by Gasteiger charge is 2.20. The molecule has 1 aromatic carbocycles. The first kappa shape index (κ1) is 15.7. The molecule has 0 aromatic heterocycles. The summed E-state index contributed by atoms with van der Waals surface area (Å²) in [5.41, 5.74) is 6.86. The average molecular weight is 262 g/mol. The van der Waals surface area contributed by atoms with E-state index in [0.717, 1.165) is 25.7 Å². The lowest BCUT2D eigenvalue weighted by molar-refractivity contribution is -0.125. The maximum atomic E-state index is 12.2. The molecule has 0 saturated carbocycles. The Morgan fingerprint density at radius 3 is 2.32 bits per heavy atom. The van der Waals surface area contributed by atoms with Crippen molar-refractivity contribution in [1.29, 1.82) is 0 Å². The summed E-state index contributed by atoms with van der Waals surface area (Å²) in [6.45, 7) is 4.64. The molecule has 1 rings (SSSR count). The van der Waals surface area contributed by atoms with Gasteiger partial charge in [-0.15, -0.1) is 0 Å². The molecule has 1 aromatic rings. The van der Waals surface area contributed by atoms with Crippen LogP contribution in [0, 0.1) is 5.92 Å². The lowest BCUT2D eigenvalue weighted by atomic mass is 9.99. The van der Waals surface area contributed by atoms with E-state index in [-0.39, 0.29) is 17.9 Å². The third-order valence-electron chi connectivity index (χ3n) is 3.39. The van der Waals surface area contributed by atoms with Gasteiger partial charge >= 0.3 is 0 Å². The van der Waals surface area contributed by atoms with E-state index in [0.29, 0.717) is 6.54 Å². The van der Waals surface area contributed by atoms with Crippen molar-refractivity contribution in [1.82, 2.24) is 5.32 Å². The first-order valence-electron chi connectivity index (χ1n) is 7.28. The minimum atomic E-state index is -0.0620. The molecule has 0 saturated heterocycles. The molecule has 0 fully saturated rings. The molecular formula is C16H26N2O. The molecule has 0 aliphatic carbocycles. The quantitative estimate of drug-likeness (QED) is 0.756. The van der Waals surface area contributed by atoms with Crippen molar-refractivity contribution in [3.05, 3.63) is 35.9 Å². The van der Waals surface area contributed by atoms with Crippen LogP contribution in [-0.2, 0) is 4.79 Å². The molecular weight excluding hydrogens is 236 g/mol. The van der Waals surface area contributed by atoms with E-state index in [1.807, 2.05) is 18.2 Å². The summed E-state index contributed by atoms with van der Waals surface area (Å²) in [4.78, 5) is 12.2. The zero-order valence-corrected chi connectivity index (χ0v) is 12.1. The van der Waals surface area contributed by atoms with Crippen molar-refractivity contribution in [2.45, 2.75) is 45.6 Å². The zero-order valence-electron chi connectivity index (χ0n) is 12.1. The highest BCUT2D eigenvalue weighted by atomic mass is 16.1. The molecule has 2 unspecified atom stereocenters. The minimum absolute atomic E-state index is 0.0620. The largest absolute Gasteiger partial charge is 0.349 e. The third kappa shape index (κ3) is 5.03. The normalized spacial score (nSPS) is 13.8. The van der Waals surface area contributed by atoms with Crippen LogP contribution in [0.15, 0.2) is 30.3 Å². The Bertz CT molecular complexity index is 364. The number of rotatable bonds is 8. The predicted octanol–water partition coefficient (Wildman–Crippen LogP) is 3.02. The van der Waals surface area contributed by atoms with Crippen LogP contribution in [0.2, 0.25) is 0 Å². The predicted molar refractivity (Wildman–Crippen MR) is 79.7 cm³/mol. The Hall–Kier alpha value is -1.35. The maximum absolute atomic E-state index is 12.2. The van der Waals surface area contributed by atoms with Crippen LogP contribution in [0.4, 0.5) is 0 Å². The fourth-order valence-corrected chi connectivity index (χ4v) is 2.29. The van der Waals surface area contributed by atoms with Crippen molar-refractivity contribution >= 4 is 5.91 Å². The average Bonchev–Trinajstić information content (AvgIpc) is 2.45. The summed E-state index contributed by atoms with van der Waals surface area (Å²) < 4.78 is 0. The Morgan fingerprint density at radius 1 is 1.16 bits per heavy atom. The molecule has 0 aliphatic rings. The number of nitrogens with one attached hydrogen (secondary N) is 1. The molecule has 0 radical (unpaired) electrons. The van der Waals surface area contributed by atoms with Crippen molar-refractivity contribution in [3.8, 4) is 0 Å². The third-order valence-corrected chi connectivity index (χ3v) is 3.39. The highest BCUT2D eigenvalue weighted by molar-refractivity contribution is 5.79. The first-order chi connectivity index (χ1) is 9.22. The Labute approximate surface area is 116 Å². The lowest BCUT2D eigenvalue weighted by Gasteiger charge is -2.22. The lowest BCUT2D eigenvalue weighted by Crippen LogP contribution is -2.37. The van der Waals surface area contributed by atoms with Gasteiger partial charge in [-0.3, -0.25) is 4.79 Å². The molecule has 3 heteroatoms. The van der Waals surface area contributed by atoms with E-state index in [9.17, 15) is 4.79 Å². The van der Waals surface area contributed by atoms with E-state index < -0.39 is 0 Å². The number of carbonyl (C=O) groups is 1. The minimum Gasteiger partial charge on any atom is -0.349 e. The number of benzene rings is 1. The van der Waals surface area contributed by atoms with Gasteiger partial charge in [-0.1, -0.05) is 57.0 Å². The summed E-state index contributed by atoms with van der Waals surface area (Å²) >= 11 is 0. The van der Waals surface area contributed by atoms with Crippen LogP contribution in [0.3, 0.4) is 0 Å². The van der Waals surface area contributed by atoms with Crippen LogP contribution < -0.4 is 11.1 Å². The second-order valence-electron chi connectivity index (χ2n) is 4.98. The fourth-order valence-electron chi connectivity index (χ4n) is 2.29. The second-order valence-corrected chi connectivity index (χ2v) is 4.98. The molecule has 0 heterocycles. The SMILES string of the molecule is CCCC(CN)C(=O)NC(CCC)c1ccccc1. The molecule has 0 bridgehead atoms. The molecule has 2 atom stereocenters. The molecule has 106 valence electrons. The van der Waals surface area contributed by atoms with Crippen LogP contribution in [0.25, 0.3) is 0 Å². The number of amides is 1. The van der Waals surface area contributed by atoms with Gasteiger partial charge in [0.15, 0.2) is 0 Å². The van der Waals surface area contributed by atoms with E-state index in [4.69, 9.17) is 5.73 Å². The number of hydrogen-bond donors (Lipinski definition) is 2. The van der Waals surface area contributed by atoms with E-state index >= 15 is 0 Å². The molecule has 19 heavy (non-hydrogen) atoms. The number of carbonyl (C=O) groups excluding carboxylic acids is 1. The van der Waals surface area contributed by atoms with Gasteiger partial charge in [0.1, 0.15) is 0 Å². The van der Waals surface area contributed by atoms with Crippen molar-refractivity contribution in [3.63, 3.8) is 0 Å². The topological polar surface area (TPSA) is 55.1 Å². The number of nitrogens with two attached hydrogens (primary N) is 1. The molecule has 3 N–H and O–H groups in total. The molecule has 3 nitrogen and oxygen atoms in total. The Kier molecular flexibility index (Phi) is 7.19. The van der Waals surface area contributed by atoms with Gasteiger partial charge in [0, 0.05) is 6.54 Å². The van der Waals surface area contributed by atoms with Gasteiger partial charge in [0.05, 0.1) is 12.0 Å². The summed E-state index contributed by atoms with van der Waals surface area (Å²) in [7, 11) is 0. The summed E-state index contributed by atoms with van der Waals surface area (Å²) in [6.07, 6.45) is 3.84. The van der Waals surface area contributed by atoms with Crippen molar-refractivity contribution < 1.29 is 4.79 Å². The van der Waals surface area contributed by atoms with Gasteiger partial charge < -0.3 is 11.1 Å². The van der Waals surface area contributed by atoms with E-state index in [2.05, 4.69) is 31.3 Å². The van der Waals surface area contributed by atoms with Gasteiger partial charge in [-0.05, 0) is 18.4 Å². The van der Waals surface area contributed by atoms with E-state index in [1.54, 1.807) is 0 Å². The number of hydrogen-bond acceptors (Lipinski definition) is 2. The summed E-state index contributed by atoms with van der Waals surface area (Å²) in [5, 5.41) is 3.15. The molecule has 0 aliphatic heterocycles. The summed E-state index contributed by atoms with van der Waals surface area (Å²) in [5.74, 6) is 0.0275. The van der Waals surface area contributed by atoms with E-state index in [1.165, 1.54) is 5.56 Å². The maximum Gasteiger partial charge on any atom is 0.224 e. The second kappa shape index (κ2) is 8.70. The van der Waals surface area contributed by atoms with Crippen molar-refractivity contribution in [2.24, 2.45) is 11.7 Å². The van der Waals surface area contributed by atoms with Gasteiger partial charge in [-0.2, -0.15) is 0 Å². The van der Waals surface area contributed by atoms with Crippen LogP contribution in [-0.4, -0.2) is 12.5 Å². The van der Waals surface area contributed by atoms with Gasteiger partial charge in [-0.25, -0.2) is 0 Å². The fraction of sp³-hybridized carbons (Fsp3) is 0.562. The smallest absolute Gasteiger partial charge is 0.224 e.